The largest absolute Gasteiger partial charge is 0.507 e. The molecular formula is C19H25NO3. The van der Waals surface area contributed by atoms with Gasteiger partial charge in [0, 0.05) is 18.7 Å². The molecule has 0 saturated heterocycles. The van der Waals surface area contributed by atoms with Crippen molar-refractivity contribution >= 4 is 0 Å². The summed E-state index contributed by atoms with van der Waals surface area (Å²) in [5.74, 6) is 0.328. The van der Waals surface area contributed by atoms with Gasteiger partial charge in [-0.15, -0.1) is 0 Å². The monoisotopic (exact) mass is 315 g/mol. The third kappa shape index (κ3) is 5.67. The van der Waals surface area contributed by atoms with Gasteiger partial charge in [0.15, 0.2) is 0 Å². The van der Waals surface area contributed by atoms with Gasteiger partial charge in [0.2, 0.25) is 0 Å². The first-order valence-electron chi connectivity index (χ1n) is 7.82. The van der Waals surface area contributed by atoms with Crippen molar-refractivity contribution in [3.63, 3.8) is 0 Å². The SMILES string of the molecule is Cc1cccc(CN(C)CC(O)COCc2ccccc2)c1O. The van der Waals surface area contributed by atoms with Gasteiger partial charge in [0.25, 0.3) is 0 Å². The molecule has 0 spiro atoms. The Morgan fingerprint density at radius 2 is 1.83 bits per heavy atom. The second-order valence-electron chi connectivity index (χ2n) is 5.93. The van der Waals surface area contributed by atoms with Crippen LogP contribution in [0.5, 0.6) is 5.75 Å². The number of rotatable bonds is 8. The summed E-state index contributed by atoms with van der Waals surface area (Å²) in [5, 5.41) is 20.1. The summed E-state index contributed by atoms with van der Waals surface area (Å²) in [4.78, 5) is 1.98. The number of aliphatic hydroxyl groups is 1. The first-order chi connectivity index (χ1) is 11.1. The van der Waals surface area contributed by atoms with E-state index in [4.69, 9.17) is 4.74 Å². The Morgan fingerprint density at radius 1 is 1.09 bits per heavy atom. The molecule has 124 valence electrons. The van der Waals surface area contributed by atoms with E-state index in [1.807, 2.05) is 67.4 Å². The van der Waals surface area contributed by atoms with Crippen LogP contribution in [0, 0.1) is 6.92 Å². The highest BCUT2D eigenvalue weighted by Crippen LogP contribution is 2.22. The third-order valence-corrected chi connectivity index (χ3v) is 3.71. The first kappa shape index (κ1) is 17.5. The van der Waals surface area contributed by atoms with Gasteiger partial charge < -0.3 is 14.9 Å². The van der Waals surface area contributed by atoms with Crippen molar-refractivity contribution in [2.24, 2.45) is 0 Å². The molecule has 0 aromatic heterocycles. The lowest BCUT2D eigenvalue weighted by Gasteiger charge is -2.21. The number of ether oxygens (including phenoxy) is 1. The molecule has 0 radical (unpaired) electrons. The Labute approximate surface area is 138 Å². The fraction of sp³-hybridized carbons (Fsp3) is 0.368. The number of nitrogens with zero attached hydrogens (tertiary/aromatic N) is 1. The van der Waals surface area contributed by atoms with E-state index in [1.165, 1.54) is 0 Å². The van der Waals surface area contributed by atoms with E-state index < -0.39 is 6.10 Å². The molecule has 1 unspecified atom stereocenters. The smallest absolute Gasteiger partial charge is 0.122 e. The molecule has 0 aliphatic rings. The quantitative estimate of drug-likeness (QED) is 0.786. The lowest BCUT2D eigenvalue weighted by atomic mass is 10.1. The molecule has 23 heavy (non-hydrogen) atoms. The zero-order valence-electron chi connectivity index (χ0n) is 13.8. The van der Waals surface area contributed by atoms with Crippen molar-refractivity contribution in [1.82, 2.24) is 4.90 Å². The Bertz CT molecular complexity index is 601. The molecule has 0 bridgehead atoms. The number of aliphatic hydroxyl groups excluding tert-OH is 1. The van der Waals surface area contributed by atoms with Crippen molar-refractivity contribution in [3.05, 3.63) is 65.2 Å². The topological polar surface area (TPSA) is 52.9 Å². The standard InChI is InChI=1S/C19H25NO3/c1-15-7-6-10-17(19(15)22)11-20(2)12-18(21)14-23-13-16-8-4-3-5-9-16/h3-10,18,21-22H,11-14H2,1-2H3. The van der Waals surface area contributed by atoms with Crippen LogP contribution in [0.4, 0.5) is 0 Å². The number of phenols is 1. The second kappa shape index (κ2) is 8.67. The number of aromatic hydroxyl groups is 1. The van der Waals surface area contributed by atoms with E-state index in [-0.39, 0.29) is 0 Å². The van der Waals surface area contributed by atoms with E-state index >= 15 is 0 Å². The minimum atomic E-state index is -0.560. The molecule has 4 heteroatoms. The highest BCUT2D eigenvalue weighted by molar-refractivity contribution is 5.39. The maximum absolute atomic E-state index is 10.1. The predicted molar refractivity (Wildman–Crippen MR) is 91.3 cm³/mol. The van der Waals surface area contributed by atoms with Crippen LogP contribution < -0.4 is 0 Å². The molecule has 0 aliphatic carbocycles. The summed E-state index contributed by atoms with van der Waals surface area (Å²) in [5.41, 5.74) is 2.82. The average Bonchev–Trinajstić information content (AvgIpc) is 2.53. The summed E-state index contributed by atoms with van der Waals surface area (Å²) in [6.07, 6.45) is -0.560. The van der Waals surface area contributed by atoms with Gasteiger partial charge in [0.1, 0.15) is 5.75 Å². The molecular weight excluding hydrogens is 290 g/mol. The zero-order valence-corrected chi connectivity index (χ0v) is 13.8. The highest BCUT2D eigenvalue weighted by Gasteiger charge is 2.11. The Kier molecular flexibility index (Phi) is 6.59. The van der Waals surface area contributed by atoms with Crippen LogP contribution in [0.25, 0.3) is 0 Å². The maximum Gasteiger partial charge on any atom is 0.122 e. The maximum atomic E-state index is 10.1. The zero-order chi connectivity index (χ0) is 16.7. The Hall–Kier alpha value is -1.88. The van der Waals surface area contributed by atoms with E-state index in [0.717, 1.165) is 16.7 Å². The number of aryl methyl sites for hydroxylation is 1. The van der Waals surface area contributed by atoms with Crippen molar-refractivity contribution in [2.75, 3.05) is 20.2 Å². The average molecular weight is 315 g/mol. The number of likely N-dealkylation sites (N-methyl/N-ethyl adjacent to an activating group) is 1. The normalized spacial score (nSPS) is 12.5. The van der Waals surface area contributed by atoms with Crippen LogP contribution in [0.1, 0.15) is 16.7 Å². The van der Waals surface area contributed by atoms with Gasteiger partial charge in [-0.25, -0.2) is 0 Å². The lowest BCUT2D eigenvalue weighted by molar-refractivity contribution is 0.0126. The lowest BCUT2D eigenvalue weighted by Crippen LogP contribution is -2.31. The van der Waals surface area contributed by atoms with Crippen LogP contribution in [0.3, 0.4) is 0 Å². The van der Waals surface area contributed by atoms with Gasteiger partial charge in [-0.3, -0.25) is 4.90 Å². The fourth-order valence-corrected chi connectivity index (χ4v) is 2.50. The summed E-state index contributed by atoms with van der Waals surface area (Å²) >= 11 is 0. The molecule has 4 nitrogen and oxygen atoms in total. The molecule has 0 fully saturated rings. The third-order valence-electron chi connectivity index (χ3n) is 3.71. The molecule has 2 aromatic carbocycles. The summed E-state index contributed by atoms with van der Waals surface area (Å²) in [7, 11) is 1.92. The molecule has 0 heterocycles. The van der Waals surface area contributed by atoms with Crippen LogP contribution in [-0.4, -0.2) is 41.4 Å². The van der Waals surface area contributed by atoms with Crippen LogP contribution in [0.15, 0.2) is 48.5 Å². The van der Waals surface area contributed by atoms with Crippen molar-refractivity contribution in [3.8, 4) is 5.75 Å². The van der Waals surface area contributed by atoms with Gasteiger partial charge in [0.05, 0.1) is 19.3 Å². The number of hydrogen-bond donors (Lipinski definition) is 2. The van der Waals surface area contributed by atoms with Crippen molar-refractivity contribution in [1.29, 1.82) is 0 Å². The van der Waals surface area contributed by atoms with E-state index in [0.29, 0.717) is 32.1 Å². The number of hydrogen-bond acceptors (Lipinski definition) is 4. The van der Waals surface area contributed by atoms with E-state index in [1.54, 1.807) is 0 Å². The van der Waals surface area contributed by atoms with Gasteiger partial charge in [-0.2, -0.15) is 0 Å². The van der Waals surface area contributed by atoms with Crippen molar-refractivity contribution < 1.29 is 14.9 Å². The first-order valence-corrected chi connectivity index (χ1v) is 7.82. The molecule has 2 aromatic rings. The minimum absolute atomic E-state index is 0.291. The molecule has 0 saturated carbocycles. The summed E-state index contributed by atoms with van der Waals surface area (Å²) in [6, 6.07) is 15.6. The van der Waals surface area contributed by atoms with Gasteiger partial charge in [-0.1, -0.05) is 48.5 Å². The van der Waals surface area contributed by atoms with Crippen LogP contribution in [0.2, 0.25) is 0 Å². The molecule has 0 amide bonds. The van der Waals surface area contributed by atoms with E-state index in [9.17, 15) is 10.2 Å². The van der Waals surface area contributed by atoms with Gasteiger partial charge >= 0.3 is 0 Å². The number of para-hydroxylation sites is 1. The predicted octanol–water partition coefficient (Wildman–Crippen LogP) is 2.71. The number of benzene rings is 2. The molecule has 1 atom stereocenters. The molecule has 0 aliphatic heterocycles. The Morgan fingerprint density at radius 3 is 2.57 bits per heavy atom. The van der Waals surface area contributed by atoms with Crippen molar-refractivity contribution in [2.45, 2.75) is 26.2 Å². The highest BCUT2D eigenvalue weighted by atomic mass is 16.5. The Balaban J connectivity index is 1.74. The summed E-state index contributed by atoms with van der Waals surface area (Å²) < 4.78 is 5.55. The molecule has 2 rings (SSSR count). The number of phenolic OH excluding ortho intramolecular Hbond substituents is 1. The second-order valence-corrected chi connectivity index (χ2v) is 5.93. The van der Waals surface area contributed by atoms with Crippen LogP contribution >= 0.6 is 0 Å². The fourth-order valence-electron chi connectivity index (χ4n) is 2.50. The minimum Gasteiger partial charge on any atom is -0.507 e. The van der Waals surface area contributed by atoms with Gasteiger partial charge in [-0.05, 0) is 25.1 Å². The van der Waals surface area contributed by atoms with E-state index in [2.05, 4.69) is 0 Å². The molecule has 2 N–H and O–H groups in total. The van der Waals surface area contributed by atoms with Crippen LogP contribution in [-0.2, 0) is 17.9 Å². The summed E-state index contributed by atoms with van der Waals surface area (Å²) in [6.45, 7) is 3.75.